The summed E-state index contributed by atoms with van der Waals surface area (Å²) in [4.78, 5) is 15.0. The highest BCUT2D eigenvalue weighted by Crippen LogP contribution is 2.27. The number of amides is 1. The van der Waals surface area contributed by atoms with Gasteiger partial charge in [-0.15, -0.1) is 0 Å². The van der Waals surface area contributed by atoms with Gasteiger partial charge in [-0.25, -0.2) is 12.7 Å². The summed E-state index contributed by atoms with van der Waals surface area (Å²) in [5.41, 5.74) is 2.80. The van der Waals surface area contributed by atoms with Crippen molar-refractivity contribution in [2.45, 2.75) is 17.9 Å². The Hall–Kier alpha value is -3.42. The summed E-state index contributed by atoms with van der Waals surface area (Å²) in [5.74, 6) is 0.110. The molecule has 0 aliphatic heterocycles. The molecule has 0 aromatic heterocycles. The van der Waals surface area contributed by atoms with E-state index in [1.54, 1.807) is 23.1 Å². The van der Waals surface area contributed by atoms with Crippen molar-refractivity contribution < 1.29 is 17.9 Å². The van der Waals surface area contributed by atoms with Crippen LogP contribution in [-0.2, 0) is 27.8 Å². The monoisotopic (exact) mass is 478 g/mol. The highest BCUT2D eigenvalue weighted by Gasteiger charge is 2.22. The first-order chi connectivity index (χ1) is 16.3. The lowest BCUT2D eigenvalue weighted by molar-refractivity contribution is -0.126. The van der Waals surface area contributed by atoms with Crippen LogP contribution in [0.5, 0.6) is 5.75 Å². The van der Waals surface area contributed by atoms with E-state index < -0.39 is 10.0 Å². The standard InChI is InChI=1S/C27H30N2O4S/c1-28(2)34(31,32)26-20-23(14-16-25(26)33-3)15-17-27(30)29(21-24-12-8-5-9-13-24)19-18-22-10-6-4-7-11-22/h4-17,20H,18-19,21H2,1-3H3/b17-15+. The number of benzene rings is 3. The third-order valence-corrected chi connectivity index (χ3v) is 7.24. The van der Waals surface area contributed by atoms with Crippen molar-refractivity contribution in [3.05, 3.63) is 102 Å². The molecular weight excluding hydrogens is 448 g/mol. The third-order valence-electron chi connectivity index (χ3n) is 5.41. The minimum atomic E-state index is -3.70. The molecular formula is C27H30N2O4S. The third kappa shape index (κ3) is 6.56. The number of carbonyl (C=O) groups excluding carboxylic acids is 1. The van der Waals surface area contributed by atoms with Crippen molar-refractivity contribution in [1.82, 2.24) is 9.21 Å². The molecule has 0 spiro atoms. The lowest BCUT2D eigenvalue weighted by atomic mass is 10.1. The number of nitrogens with zero attached hydrogens (tertiary/aromatic N) is 2. The Morgan fingerprint density at radius 2 is 1.53 bits per heavy atom. The van der Waals surface area contributed by atoms with Crippen LogP contribution in [0.3, 0.4) is 0 Å². The van der Waals surface area contributed by atoms with Gasteiger partial charge in [0.15, 0.2) is 0 Å². The molecule has 3 aromatic carbocycles. The molecule has 0 atom stereocenters. The summed E-state index contributed by atoms with van der Waals surface area (Å²) in [7, 11) is 0.664. The number of hydrogen-bond acceptors (Lipinski definition) is 4. The molecule has 3 rings (SSSR count). The zero-order valence-corrected chi connectivity index (χ0v) is 20.5. The molecule has 0 bridgehead atoms. The first-order valence-electron chi connectivity index (χ1n) is 11.0. The fourth-order valence-electron chi connectivity index (χ4n) is 3.45. The van der Waals surface area contributed by atoms with Crippen LogP contribution in [0, 0.1) is 0 Å². The van der Waals surface area contributed by atoms with E-state index in [0.29, 0.717) is 18.7 Å². The molecule has 0 unspecified atom stereocenters. The molecule has 0 aliphatic rings. The summed E-state index contributed by atoms with van der Waals surface area (Å²) < 4.78 is 31.7. The topological polar surface area (TPSA) is 66.9 Å². The number of hydrogen-bond donors (Lipinski definition) is 0. The van der Waals surface area contributed by atoms with Crippen molar-refractivity contribution in [3.8, 4) is 5.75 Å². The van der Waals surface area contributed by atoms with E-state index in [0.717, 1.165) is 21.9 Å². The second-order valence-corrected chi connectivity index (χ2v) is 10.1. The molecule has 0 fully saturated rings. The van der Waals surface area contributed by atoms with Crippen molar-refractivity contribution in [2.75, 3.05) is 27.7 Å². The molecule has 0 saturated heterocycles. The van der Waals surface area contributed by atoms with E-state index in [1.165, 1.54) is 33.3 Å². The van der Waals surface area contributed by atoms with Crippen LogP contribution >= 0.6 is 0 Å². The van der Waals surface area contributed by atoms with E-state index in [-0.39, 0.29) is 16.6 Å². The minimum Gasteiger partial charge on any atom is -0.495 e. The van der Waals surface area contributed by atoms with Crippen LogP contribution in [0.2, 0.25) is 0 Å². The van der Waals surface area contributed by atoms with E-state index in [4.69, 9.17) is 4.74 Å². The average molecular weight is 479 g/mol. The molecule has 1 amide bonds. The second-order valence-electron chi connectivity index (χ2n) is 8.01. The number of carbonyl (C=O) groups is 1. The first kappa shape index (κ1) is 25.2. The van der Waals surface area contributed by atoms with Crippen LogP contribution < -0.4 is 4.74 Å². The molecule has 0 N–H and O–H groups in total. The molecule has 0 saturated carbocycles. The Balaban J connectivity index is 1.82. The smallest absolute Gasteiger partial charge is 0.246 e. The Morgan fingerprint density at radius 3 is 2.12 bits per heavy atom. The van der Waals surface area contributed by atoms with Crippen LogP contribution in [-0.4, -0.2) is 51.3 Å². The van der Waals surface area contributed by atoms with Gasteiger partial charge in [-0.2, -0.15) is 0 Å². The Morgan fingerprint density at radius 1 is 0.912 bits per heavy atom. The fourth-order valence-corrected chi connectivity index (χ4v) is 4.53. The summed E-state index contributed by atoms with van der Waals surface area (Å²) in [5, 5.41) is 0. The molecule has 0 radical (unpaired) electrons. The maximum absolute atomic E-state index is 13.1. The Labute approximate surface area is 202 Å². The Bertz CT molecular complexity index is 1220. The second kappa shape index (κ2) is 11.6. The quantitative estimate of drug-likeness (QED) is 0.409. The van der Waals surface area contributed by atoms with Crippen molar-refractivity contribution in [1.29, 1.82) is 0 Å². The predicted molar refractivity (Wildman–Crippen MR) is 135 cm³/mol. The average Bonchev–Trinajstić information content (AvgIpc) is 2.86. The predicted octanol–water partition coefficient (Wildman–Crippen LogP) is 4.23. The van der Waals surface area contributed by atoms with Crippen LogP contribution in [0.1, 0.15) is 16.7 Å². The summed E-state index contributed by atoms with van der Waals surface area (Å²) in [6.07, 6.45) is 3.86. The highest BCUT2D eigenvalue weighted by molar-refractivity contribution is 7.89. The normalized spacial score (nSPS) is 11.6. The molecule has 3 aromatic rings. The number of ether oxygens (including phenoxy) is 1. The fraction of sp³-hybridized carbons (Fsp3) is 0.222. The highest BCUT2D eigenvalue weighted by atomic mass is 32.2. The van der Waals surface area contributed by atoms with E-state index >= 15 is 0 Å². The number of rotatable bonds is 10. The van der Waals surface area contributed by atoms with E-state index in [1.807, 2.05) is 60.7 Å². The van der Waals surface area contributed by atoms with Crippen molar-refractivity contribution in [3.63, 3.8) is 0 Å². The largest absolute Gasteiger partial charge is 0.495 e. The molecule has 0 aliphatic carbocycles. The molecule has 7 heteroatoms. The lowest BCUT2D eigenvalue weighted by Gasteiger charge is -2.21. The zero-order chi connectivity index (χ0) is 24.6. The van der Waals surface area contributed by atoms with Gasteiger partial charge in [-0.1, -0.05) is 66.7 Å². The molecule has 178 valence electrons. The number of sulfonamides is 1. The lowest BCUT2D eigenvalue weighted by Crippen LogP contribution is -2.31. The number of methoxy groups -OCH3 is 1. The van der Waals surface area contributed by atoms with Gasteiger partial charge in [-0.05, 0) is 41.3 Å². The van der Waals surface area contributed by atoms with Crippen LogP contribution in [0.15, 0.2) is 89.8 Å². The van der Waals surface area contributed by atoms with Gasteiger partial charge in [0.2, 0.25) is 15.9 Å². The SMILES string of the molecule is COc1ccc(/C=C/C(=O)N(CCc2ccccc2)Cc2ccccc2)cc1S(=O)(=O)N(C)C. The van der Waals surface area contributed by atoms with Gasteiger partial charge >= 0.3 is 0 Å². The summed E-state index contributed by atoms with van der Waals surface area (Å²) >= 11 is 0. The minimum absolute atomic E-state index is 0.0554. The molecule has 6 nitrogen and oxygen atoms in total. The summed E-state index contributed by atoms with van der Waals surface area (Å²) in [6, 6.07) is 24.7. The summed E-state index contributed by atoms with van der Waals surface area (Å²) in [6.45, 7) is 1.05. The maximum atomic E-state index is 13.1. The van der Waals surface area contributed by atoms with Crippen molar-refractivity contribution >= 4 is 22.0 Å². The van der Waals surface area contributed by atoms with Crippen LogP contribution in [0.4, 0.5) is 0 Å². The zero-order valence-electron chi connectivity index (χ0n) is 19.7. The Kier molecular flexibility index (Phi) is 8.62. The maximum Gasteiger partial charge on any atom is 0.246 e. The van der Waals surface area contributed by atoms with Crippen LogP contribution in [0.25, 0.3) is 6.08 Å². The first-order valence-corrected chi connectivity index (χ1v) is 12.4. The van der Waals surface area contributed by atoms with Crippen molar-refractivity contribution in [2.24, 2.45) is 0 Å². The van der Waals surface area contributed by atoms with Gasteiger partial charge in [0.1, 0.15) is 10.6 Å². The van der Waals surface area contributed by atoms with Gasteiger partial charge in [0.05, 0.1) is 7.11 Å². The molecule has 34 heavy (non-hydrogen) atoms. The van der Waals surface area contributed by atoms with E-state index in [2.05, 4.69) is 0 Å². The van der Waals surface area contributed by atoms with E-state index in [9.17, 15) is 13.2 Å². The van der Waals surface area contributed by atoms with Gasteiger partial charge < -0.3 is 9.64 Å². The molecule has 0 heterocycles. The van der Waals surface area contributed by atoms with Gasteiger partial charge in [-0.3, -0.25) is 4.79 Å². The van der Waals surface area contributed by atoms with Gasteiger partial charge in [0, 0.05) is 33.3 Å². The van der Waals surface area contributed by atoms with Gasteiger partial charge in [0.25, 0.3) is 0 Å².